The minimum Gasteiger partial charge on any atom is -0.368 e. The molecule has 0 radical (unpaired) electrons. The molecule has 1 atom stereocenters. The zero-order valence-corrected chi connectivity index (χ0v) is 16.7. The average Bonchev–Trinajstić information content (AvgIpc) is 3.27. The maximum Gasteiger partial charge on any atom is 0.317 e. The maximum atomic E-state index is 12.5. The van der Waals surface area contributed by atoms with Gasteiger partial charge in [0.25, 0.3) is 0 Å². The molecule has 142 valence electrons. The fraction of sp³-hybridized carbons (Fsp3) is 0.438. The van der Waals surface area contributed by atoms with Gasteiger partial charge >= 0.3 is 6.03 Å². The van der Waals surface area contributed by atoms with E-state index in [1.807, 2.05) is 17.2 Å². The van der Waals surface area contributed by atoms with Crippen molar-refractivity contribution >= 4 is 50.8 Å². The third kappa shape index (κ3) is 3.65. The highest BCUT2D eigenvalue weighted by molar-refractivity contribution is 7.16. The SMILES string of the molecule is Cc1csc(CNC(=O)N2CCN(c3nc(N)nc4scnc34)[C@@H](C)C2)n1. The van der Waals surface area contributed by atoms with Gasteiger partial charge in [-0.2, -0.15) is 4.98 Å². The monoisotopic (exact) mass is 404 g/mol. The number of piperazine rings is 1. The molecule has 0 saturated carbocycles. The highest BCUT2D eigenvalue weighted by Crippen LogP contribution is 2.28. The lowest BCUT2D eigenvalue weighted by Gasteiger charge is -2.40. The Balaban J connectivity index is 1.42. The Hall–Kier alpha value is -2.53. The van der Waals surface area contributed by atoms with Crippen LogP contribution in [-0.4, -0.2) is 56.5 Å². The lowest BCUT2D eigenvalue weighted by molar-refractivity contribution is 0.186. The van der Waals surface area contributed by atoms with Crippen LogP contribution in [-0.2, 0) is 6.54 Å². The van der Waals surface area contributed by atoms with Crippen LogP contribution in [0.15, 0.2) is 10.9 Å². The van der Waals surface area contributed by atoms with E-state index in [0.717, 1.165) is 26.9 Å². The molecule has 4 rings (SSSR count). The van der Waals surface area contributed by atoms with Crippen LogP contribution in [0.2, 0.25) is 0 Å². The minimum atomic E-state index is -0.0737. The number of carbonyl (C=O) groups is 1. The lowest BCUT2D eigenvalue weighted by atomic mass is 10.2. The van der Waals surface area contributed by atoms with Gasteiger partial charge in [0.05, 0.1) is 12.1 Å². The van der Waals surface area contributed by atoms with Crippen molar-refractivity contribution in [2.75, 3.05) is 30.3 Å². The fourth-order valence-corrected chi connectivity index (χ4v) is 4.54. The molecule has 0 bridgehead atoms. The molecule has 11 heteroatoms. The number of carbonyl (C=O) groups excluding carboxylic acids is 1. The molecular formula is C16H20N8OS2. The van der Waals surface area contributed by atoms with E-state index >= 15 is 0 Å². The van der Waals surface area contributed by atoms with Crippen LogP contribution in [0.3, 0.4) is 0 Å². The first-order valence-electron chi connectivity index (χ1n) is 8.58. The third-order valence-corrected chi connectivity index (χ3v) is 6.13. The van der Waals surface area contributed by atoms with Gasteiger partial charge in [0, 0.05) is 36.8 Å². The van der Waals surface area contributed by atoms with Crippen molar-refractivity contribution in [2.24, 2.45) is 0 Å². The molecule has 0 aliphatic carbocycles. The van der Waals surface area contributed by atoms with E-state index in [1.54, 1.807) is 16.8 Å². The van der Waals surface area contributed by atoms with Crippen molar-refractivity contribution in [2.45, 2.75) is 26.4 Å². The summed E-state index contributed by atoms with van der Waals surface area (Å²) >= 11 is 3.00. The highest BCUT2D eigenvalue weighted by atomic mass is 32.1. The van der Waals surface area contributed by atoms with Crippen LogP contribution >= 0.6 is 22.7 Å². The summed E-state index contributed by atoms with van der Waals surface area (Å²) in [4.78, 5) is 34.7. The molecule has 4 heterocycles. The number of rotatable bonds is 3. The molecule has 3 aromatic rings. The number of aromatic nitrogens is 4. The van der Waals surface area contributed by atoms with E-state index in [1.165, 1.54) is 11.3 Å². The van der Waals surface area contributed by atoms with Crippen molar-refractivity contribution in [3.63, 3.8) is 0 Å². The maximum absolute atomic E-state index is 12.5. The Labute approximate surface area is 164 Å². The number of aryl methyl sites for hydroxylation is 1. The molecule has 1 aliphatic rings. The molecule has 1 fully saturated rings. The molecule has 1 saturated heterocycles. The van der Waals surface area contributed by atoms with Gasteiger partial charge in [0.15, 0.2) is 10.6 Å². The predicted octanol–water partition coefficient (Wildman–Crippen LogP) is 1.85. The van der Waals surface area contributed by atoms with Gasteiger partial charge in [-0.15, -0.1) is 22.7 Å². The van der Waals surface area contributed by atoms with Crippen molar-refractivity contribution in [1.82, 2.24) is 30.2 Å². The predicted molar refractivity (Wildman–Crippen MR) is 107 cm³/mol. The second-order valence-electron chi connectivity index (χ2n) is 6.44. The van der Waals surface area contributed by atoms with Crippen molar-refractivity contribution in [1.29, 1.82) is 0 Å². The van der Waals surface area contributed by atoms with Gasteiger partial charge in [-0.05, 0) is 13.8 Å². The molecule has 0 spiro atoms. The Bertz CT molecular complexity index is 970. The largest absolute Gasteiger partial charge is 0.368 e. The van der Waals surface area contributed by atoms with Gasteiger partial charge in [-0.3, -0.25) is 0 Å². The normalized spacial score (nSPS) is 17.5. The number of fused-ring (bicyclic) bond motifs is 1. The van der Waals surface area contributed by atoms with E-state index in [-0.39, 0.29) is 18.0 Å². The van der Waals surface area contributed by atoms with E-state index in [0.29, 0.717) is 26.2 Å². The minimum absolute atomic E-state index is 0.0737. The van der Waals surface area contributed by atoms with Crippen molar-refractivity contribution < 1.29 is 4.79 Å². The number of thiazole rings is 2. The molecule has 1 aliphatic heterocycles. The smallest absolute Gasteiger partial charge is 0.317 e. The summed E-state index contributed by atoms with van der Waals surface area (Å²) in [6, 6.07) is 0.0150. The van der Waals surface area contributed by atoms with Crippen LogP contribution in [0.1, 0.15) is 17.6 Å². The van der Waals surface area contributed by atoms with E-state index in [9.17, 15) is 4.79 Å². The topological polar surface area (TPSA) is 113 Å². The Morgan fingerprint density at radius 1 is 1.33 bits per heavy atom. The number of amides is 2. The lowest BCUT2D eigenvalue weighted by Crippen LogP contribution is -2.56. The van der Waals surface area contributed by atoms with Gasteiger partial charge < -0.3 is 20.9 Å². The molecule has 9 nitrogen and oxygen atoms in total. The van der Waals surface area contributed by atoms with Crippen LogP contribution in [0.5, 0.6) is 0 Å². The van der Waals surface area contributed by atoms with E-state index in [4.69, 9.17) is 5.73 Å². The van der Waals surface area contributed by atoms with Crippen molar-refractivity contribution in [3.8, 4) is 0 Å². The number of nitrogens with zero attached hydrogens (tertiary/aromatic N) is 6. The zero-order valence-electron chi connectivity index (χ0n) is 15.0. The van der Waals surface area contributed by atoms with Gasteiger partial charge in [-0.25, -0.2) is 19.7 Å². The summed E-state index contributed by atoms with van der Waals surface area (Å²) in [7, 11) is 0. The highest BCUT2D eigenvalue weighted by Gasteiger charge is 2.29. The fourth-order valence-electron chi connectivity index (χ4n) is 3.17. The summed E-state index contributed by atoms with van der Waals surface area (Å²) < 4.78 is 0. The number of nitrogen functional groups attached to an aromatic ring is 1. The average molecular weight is 405 g/mol. The number of nitrogens with two attached hydrogens (primary N) is 1. The Morgan fingerprint density at radius 3 is 2.93 bits per heavy atom. The molecule has 27 heavy (non-hydrogen) atoms. The summed E-state index contributed by atoms with van der Waals surface area (Å²) in [5.41, 5.74) is 9.34. The first-order chi connectivity index (χ1) is 13.0. The summed E-state index contributed by atoms with van der Waals surface area (Å²) in [5.74, 6) is 0.984. The second-order valence-corrected chi connectivity index (χ2v) is 8.22. The second kappa shape index (κ2) is 7.24. The first-order valence-corrected chi connectivity index (χ1v) is 10.3. The summed E-state index contributed by atoms with van der Waals surface area (Å²) in [5, 5.41) is 5.84. The summed E-state index contributed by atoms with van der Waals surface area (Å²) in [6.07, 6.45) is 0. The van der Waals surface area contributed by atoms with E-state index in [2.05, 4.69) is 37.1 Å². The van der Waals surface area contributed by atoms with Crippen LogP contribution in [0, 0.1) is 6.92 Å². The van der Waals surface area contributed by atoms with Crippen LogP contribution in [0.4, 0.5) is 16.6 Å². The first kappa shape index (κ1) is 17.9. The molecule has 3 aromatic heterocycles. The van der Waals surface area contributed by atoms with Gasteiger partial charge in [0.2, 0.25) is 5.95 Å². The number of anilines is 2. The molecule has 3 N–H and O–H groups in total. The Morgan fingerprint density at radius 2 is 2.19 bits per heavy atom. The van der Waals surface area contributed by atoms with Gasteiger partial charge in [-0.1, -0.05) is 0 Å². The number of nitrogens with one attached hydrogen (secondary N) is 1. The molecule has 0 aromatic carbocycles. The number of urea groups is 1. The van der Waals surface area contributed by atoms with Crippen LogP contribution in [0.25, 0.3) is 10.3 Å². The number of hydrogen-bond donors (Lipinski definition) is 2. The quantitative estimate of drug-likeness (QED) is 0.685. The third-order valence-electron chi connectivity index (χ3n) is 4.44. The van der Waals surface area contributed by atoms with E-state index < -0.39 is 0 Å². The van der Waals surface area contributed by atoms with Gasteiger partial charge in [0.1, 0.15) is 10.5 Å². The molecular weight excluding hydrogens is 384 g/mol. The Kier molecular flexibility index (Phi) is 4.79. The van der Waals surface area contributed by atoms with Crippen LogP contribution < -0.4 is 16.0 Å². The summed E-state index contributed by atoms with van der Waals surface area (Å²) in [6.45, 7) is 6.32. The van der Waals surface area contributed by atoms with Crippen molar-refractivity contribution in [3.05, 3.63) is 21.6 Å². The number of hydrogen-bond acceptors (Lipinski definition) is 9. The standard InChI is InChI=1S/C16H20N8OS2/c1-9-7-26-11(20-9)5-18-16(25)23-3-4-24(10(2)6-23)13-12-14(27-8-19-12)22-15(17)21-13/h7-8,10H,3-6H2,1-2H3,(H,18,25)(H2,17,21,22)/t10-/m0/s1. The molecule has 2 amide bonds. The zero-order chi connectivity index (χ0) is 19.0. The molecule has 0 unspecified atom stereocenters.